The largest absolute Gasteiger partial charge is 0.481 e. The van der Waals surface area contributed by atoms with Crippen molar-refractivity contribution in [3.05, 3.63) is 18.2 Å². The molecule has 0 aliphatic carbocycles. The minimum Gasteiger partial charge on any atom is -0.481 e. The molecule has 0 bridgehead atoms. The number of amides is 1. The summed E-state index contributed by atoms with van der Waals surface area (Å²) < 4.78 is 1.92. The van der Waals surface area contributed by atoms with Crippen molar-refractivity contribution >= 4 is 50.9 Å². The summed E-state index contributed by atoms with van der Waals surface area (Å²) in [6.07, 6.45) is 1.42. The number of carbonyl (C=O) groups excluding carboxylic acids is 1. The highest BCUT2D eigenvalue weighted by Gasteiger charge is 2.09. The normalized spacial score (nSPS) is 10.5. The van der Waals surface area contributed by atoms with Crippen molar-refractivity contribution in [2.75, 3.05) is 11.6 Å². The number of thioether (sulfide) groups is 1. The number of hydrogen-bond donors (Lipinski definition) is 2. The number of nitrogens with one attached hydrogen (secondary N) is 1. The summed E-state index contributed by atoms with van der Waals surface area (Å²) in [5, 5.41) is 11.0. The van der Waals surface area contributed by atoms with Crippen LogP contribution in [0.5, 0.6) is 0 Å². The molecule has 1 aromatic carbocycles. The molecule has 0 spiro atoms. The third-order valence-corrected chi connectivity index (χ3v) is 4.14. The van der Waals surface area contributed by atoms with Crippen molar-refractivity contribution in [2.24, 2.45) is 0 Å². The number of aromatic nitrogens is 1. The molecule has 7 heteroatoms. The van der Waals surface area contributed by atoms with E-state index in [9.17, 15) is 9.59 Å². The molecule has 0 aliphatic rings. The summed E-state index contributed by atoms with van der Waals surface area (Å²) in [5.74, 6) is -1.67. The molecular weight excluding hydrogens is 272 g/mol. The smallest absolute Gasteiger partial charge is 0.312 e. The summed E-state index contributed by atoms with van der Waals surface area (Å²) in [6.45, 7) is 0. The van der Waals surface area contributed by atoms with Crippen molar-refractivity contribution in [1.29, 1.82) is 0 Å². The molecule has 0 radical (unpaired) electrons. The van der Waals surface area contributed by atoms with Crippen LogP contribution in [0.25, 0.3) is 10.2 Å². The second kappa shape index (κ2) is 5.36. The molecule has 2 rings (SSSR count). The molecule has 0 fully saturated rings. The molecule has 0 saturated carbocycles. The molecule has 1 heterocycles. The quantitative estimate of drug-likeness (QED) is 0.665. The topological polar surface area (TPSA) is 79.3 Å². The van der Waals surface area contributed by atoms with Gasteiger partial charge in [-0.2, -0.15) is 0 Å². The van der Waals surface area contributed by atoms with Gasteiger partial charge < -0.3 is 10.4 Å². The Kier molecular flexibility index (Phi) is 3.83. The van der Waals surface area contributed by atoms with Crippen molar-refractivity contribution in [3.63, 3.8) is 0 Å². The highest BCUT2D eigenvalue weighted by molar-refractivity contribution is 8.00. The van der Waals surface area contributed by atoms with Gasteiger partial charge in [-0.25, -0.2) is 4.98 Å². The zero-order valence-corrected chi connectivity index (χ0v) is 11.1. The maximum Gasteiger partial charge on any atom is 0.312 e. The highest BCUT2D eigenvalue weighted by atomic mass is 32.2. The minimum atomic E-state index is -1.14. The van der Waals surface area contributed by atoms with Gasteiger partial charge in [0.15, 0.2) is 4.34 Å². The third kappa shape index (κ3) is 2.99. The Labute approximate surface area is 111 Å². The van der Waals surface area contributed by atoms with Crippen LogP contribution in [0.15, 0.2) is 22.5 Å². The van der Waals surface area contributed by atoms with E-state index in [0.29, 0.717) is 5.69 Å². The Bertz CT molecular complexity index is 609. The third-order valence-electron chi connectivity index (χ3n) is 2.14. The van der Waals surface area contributed by atoms with Crippen molar-refractivity contribution in [1.82, 2.24) is 4.98 Å². The van der Waals surface area contributed by atoms with E-state index in [1.54, 1.807) is 23.9 Å². The Morgan fingerprint density at radius 2 is 2.28 bits per heavy atom. The van der Waals surface area contributed by atoms with Crippen LogP contribution >= 0.6 is 23.1 Å². The van der Waals surface area contributed by atoms with Crippen LogP contribution in [-0.2, 0) is 9.59 Å². The van der Waals surface area contributed by atoms with Gasteiger partial charge in [0.05, 0.1) is 10.2 Å². The SMILES string of the molecule is CSc1nc2ccc(NC(=O)CC(=O)O)cc2s1. The zero-order valence-electron chi connectivity index (χ0n) is 9.47. The fraction of sp³-hybridized carbons (Fsp3) is 0.182. The van der Waals surface area contributed by atoms with Crippen molar-refractivity contribution in [2.45, 2.75) is 10.8 Å². The Balaban J connectivity index is 2.19. The summed E-state index contributed by atoms with van der Waals surface area (Å²) in [5.41, 5.74) is 1.46. The molecule has 0 aliphatic heterocycles. The predicted molar refractivity (Wildman–Crippen MR) is 72.3 cm³/mol. The molecule has 0 unspecified atom stereocenters. The maximum absolute atomic E-state index is 11.3. The van der Waals surface area contributed by atoms with Gasteiger partial charge in [-0.05, 0) is 24.5 Å². The second-order valence-corrected chi connectivity index (χ2v) is 5.57. The highest BCUT2D eigenvalue weighted by Crippen LogP contribution is 2.29. The van der Waals surface area contributed by atoms with Gasteiger partial charge >= 0.3 is 5.97 Å². The molecule has 94 valence electrons. The summed E-state index contributed by atoms with van der Waals surface area (Å²) in [6, 6.07) is 5.32. The number of carboxylic acid groups (broad SMARTS) is 1. The number of fused-ring (bicyclic) bond motifs is 1. The summed E-state index contributed by atoms with van der Waals surface area (Å²) in [4.78, 5) is 26.1. The first kappa shape index (κ1) is 12.8. The molecule has 1 aromatic heterocycles. The Morgan fingerprint density at radius 3 is 2.94 bits per heavy atom. The minimum absolute atomic E-state index is 0.531. The Hall–Kier alpha value is -1.60. The molecule has 2 N–H and O–H groups in total. The van der Waals surface area contributed by atoms with E-state index in [1.807, 2.05) is 12.3 Å². The lowest BCUT2D eigenvalue weighted by molar-refractivity contribution is -0.139. The van der Waals surface area contributed by atoms with Crippen LogP contribution in [0.4, 0.5) is 5.69 Å². The molecule has 5 nitrogen and oxygen atoms in total. The fourth-order valence-electron chi connectivity index (χ4n) is 1.41. The summed E-state index contributed by atoms with van der Waals surface area (Å²) >= 11 is 3.10. The zero-order chi connectivity index (χ0) is 13.1. The monoisotopic (exact) mass is 282 g/mol. The summed E-state index contributed by atoms with van der Waals surface area (Å²) in [7, 11) is 0. The lowest BCUT2D eigenvalue weighted by Crippen LogP contribution is -2.15. The van der Waals surface area contributed by atoms with Gasteiger partial charge in [-0.1, -0.05) is 11.8 Å². The van der Waals surface area contributed by atoms with Crippen LogP contribution in [0.1, 0.15) is 6.42 Å². The average molecular weight is 282 g/mol. The molecule has 1 amide bonds. The average Bonchev–Trinajstić information content (AvgIpc) is 2.69. The number of rotatable bonds is 4. The number of thiazole rings is 1. The number of anilines is 1. The Morgan fingerprint density at radius 1 is 1.50 bits per heavy atom. The van der Waals surface area contributed by atoms with Gasteiger partial charge in [-0.3, -0.25) is 9.59 Å². The first-order chi connectivity index (χ1) is 8.58. The first-order valence-corrected chi connectivity index (χ1v) is 7.09. The van der Waals surface area contributed by atoms with E-state index in [0.717, 1.165) is 14.6 Å². The predicted octanol–water partition coefficient (Wildman–Crippen LogP) is 2.43. The molecular formula is C11H10N2O3S2. The van der Waals surface area contributed by atoms with Gasteiger partial charge in [0.2, 0.25) is 5.91 Å². The fourth-order valence-corrected chi connectivity index (χ4v) is 2.94. The van der Waals surface area contributed by atoms with Gasteiger partial charge in [0.1, 0.15) is 6.42 Å². The number of aliphatic carboxylic acids is 1. The van der Waals surface area contributed by atoms with Crippen LogP contribution < -0.4 is 5.32 Å². The van der Waals surface area contributed by atoms with Crippen molar-refractivity contribution < 1.29 is 14.7 Å². The molecule has 2 aromatic rings. The first-order valence-electron chi connectivity index (χ1n) is 5.04. The van der Waals surface area contributed by atoms with E-state index in [-0.39, 0.29) is 0 Å². The van der Waals surface area contributed by atoms with Crippen molar-refractivity contribution in [3.8, 4) is 0 Å². The van der Waals surface area contributed by atoms with E-state index < -0.39 is 18.3 Å². The van der Waals surface area contributed by atoms with E-state index >= 15 is 0 Å². The standard InChI is InChI=1S/C11H10N2O3S2/c1-17-11-13-7-3-2-6(4-8(7)18-11)12-9(14)5-10(15)16/h2-4H,5H2,1H3,(H,12,14)(H,15,16). The number of carbonyl (C=O) groups is 2. The molecule has 0 atom stereocenters. The number of nitrogens with zero attached hydrogens (tertiary/aromatic N) is 1. The van der Waals surface area contributed by atoms with Crippen LogP contribution in [0, 0.1) is 0 Å². The van der Waals surface area contributed by atoms with E-state index in [2.05, 4.69) is 10.3 Å². The van der Waals surface area contributed by atoms with Gasteiger partial charge in [0.25, 0.3) is 0 Å². The number of benzene rings is 1. The van der Waals surface area contributed by atoms with Gasteiger partial charge in [-0.15, -0.1) is 11.3 Å². The van der Waals surface area contributed by atoms with Crippen LogP contribution in [0.2, 0.25) is 0 Å². The van der Waals surface area contributed by atoms with Gasteiger partial charge in [0, 0.05) is 5.69 Å². The molecule has 0 saturated heterocycles. The van der Waals surface area contributed by atoms with E-state index in [4.69, 9.17) is 5.11 Å². The van der Waals surface area contributed by atoms with Crippen LogP contribution in [0.3, 0.4) is 0 Å². The lowest BCUT2D eigenvalue weighted by Gasteiger charge is -2.02. The molecule has 18 heavy (non-hydrogen) atoms. The number of carboxylic acids is 1. The number of hydrogen-bond acceptors (Lipinski definition) is 5. The lowest BCUT2D eigenvalue weighted by atomic mass is 10.3. The second-order valence-electron chi connectivity index (χ2n) is 3.49. The van der Waals surface area contributed by atoms with E-state index in [1.165, 1.54) is 11.3 Å². The maximum atomic E-state index is 11.3. The van der Waals surface area contributed by atoms with Crippen LogP contribution in [-0.4, -0.2) is 28.2 Å².